The molecule has 1 aliphatic heterocycles. The Morgan fingerprint density at radius 1 is 1.22 bits per heavy atom. The van der Waals surface area contributed by atoms with E-state index in [0.29, 0.717) is 36.4 Å². The average Bonchev–Trinajstić information content (AvgIpc) is 2.80. The van der Waals surface area contributed by atoms with Crippen LogP contribution in [0.25, 0.3) is 0 Å². The van der Waals surface area contributed by atoms with E-state index in [9.17, 15) is 14.0 Å². The summed E-state index contributed by atoms with van der Waals surface area (Å²) in [5, 5.41) is 3.15. The van der Waals surface area contributed by atoms with Gasteiger partial charge in [-0.15, -0.1) is 0 Å². The molecule has 2 heterocycles. The zero-order valence-electron chi connectivity index (χ0n) is 14.5. The second-order valence-electron chi connectivity index (χ2n) is 6.17. The van der Waals surface area contributed by atoms with Crippen molar-refractivity contribution in [2.45, 2.75) is 13.3 Å². The minimum atomic E-state index is -0.472. The summed E-state index contributed by atoms with van der Waals surface area (Å²) >= 11 is 12.3. The van der Waals surface area contributed by atoms with E-state index in [-0.39, 0.29) is 22.5 Å². The van der Waals surface area contributed by atoms with Crippen LogP contribution in [0.4, 0.5) is 20.6 Å². The molecule has 0 saturated carbocycles. The van der Waals surface area contributed by atoms with Crippen molar-refractivity contribution in [2.75, 3.05) is 29.9 Å². The maximum Gasteiger partial charge on any atom is 0.322 e. The number of amides is 3. The smallest absolute Gasteiger partial charge is 0.315 e. The van der Waals surface area contributed by atoms with Gasteiger partial charge in [0, 0.05) is 31.2 Å². The van der Waals surface area contributed by atoms with Crippen LogP contribution in [0.15, 0.2) is 30.6 Å². The first kappa shape index (κ1) is 19.4. The standard InChI is InChI=1S/C18H17Cl2FN4O2/c1-11-3-4-12(7-15(11)21)23-18(27)24-5-2-6-25(16(26)10-24)17-13(19)8-22-9-14(17)20/h3-4,7-9H,2,5-6,10H2,1H3,(H,23,27). The highest BCUT2D eigenvalue weighted by Crippen LogP contribution is 2.33. The number of aromatic nitrogens is 1. The molecule has 1 fully saturated rings. The number of carbonyl (C=O) groups excluding carboxylic acids is 2. The monoisotopic (exact) mass is 410 g/mol. The van der Waals surface area contributed by atoms with Crippen molar-refractivity contribution in [3.8, 4) is 0 Å². The van der Waals surface area contributed by atoms with Gasteiger partial charge in [0.25, 0.3) is 0 Å². The Labute approximate surface area is 165 Å². The number of urea groups is 1. The van der Waals surface area contributed by atoms with Crippen LogP contribution in [-0.4, -0.2) is 41.5 Å². The Morgan fingerprint density at radius 2 is 1.93 bits per heavy atom. The largest absolute Gasteiger partial charge is 0.322 e. The Balaban J connectivity index is 1.74. The molecule has 142 valence electrons. The van der Waals surface area contributed by atoms with Gasteiger partial charge in [0.1, 0.15) is 12.4 Å². The van der Waals surface area contributed by atoms with E-state index in [0.717, 1.165) is 0 Å². The normalized spacial score (nSPS) is 14.9. The summed E-state index contributed by atoms with van der Waals surface area (Å²) in [7, 11) is 0. The third-order valence-electron chi connectivity index (χ3n) is 4.25. The van der Waals surface area contributed by atoms with E-state index < -0.39 is 11.8 Å². The summed E-state index contributed by atoms with van der Waals surface area (Å²) in [6, 6.07) is 3.96. The number of nitrogens with zero attached hydrogens (tertiary/aromatic N) is 3. The predicted octanol–water partition coefficient (Wildman–Crippen LogP) is 4.11. The second kappa shape index (κ2) is 8.10. The molecule has 1 aromatic heterocycles. The number of anilines is 2. The molecule has 0 spiro atoms. The van der Waals surface area contributed by atoms with Gasteiger partial charge in [-0.05, 0) is 31.0 Å². The topological polar surface area (TPSA) is 65.5 Å². The summed E-state index contributed by atoms with van der Waals surface area (Å²) in [5.74, 6) is -0.722. The molecule has 1 saturated heterocycles. The minimum absolute atomic E-state index is 0.144. The first-order chi connectivity index (χ1) is 12.9. The number of rotatable bonds is 2. The summed E-state index contributed by atoms with van der Waals surface area (Å²) in [4.78, 5) is 31.9. The van der Waals surface area contributed by atoms with Crippen LogP contribution < -0.4 is 10.2 Å². The van der Waals surface area contributed by atoms with Crippen LogP contribution in [-0.2, 0) is 4.79 Å². The van der Waals surface area contributed by atoms with Crippen LogP contribution in [0.2, 0.25) is 10.0 Å². The van der Waals surface area contributed by atoms with Crippen LogP contribution in [0.5, 0.6) is 0 Å². The molecule has 0 unspecified atom stereocenters. The number of pyridine rings is 1. The summed E-state index contributed by atoms with van der Waals surface area (Å²) in [6.45, 7) is 2.22. The van der Waals surface area contributed by atoms with Crippen molar-refractivity contribution in [1.29, 1.82) is 0 Å². The van der Waals surface area contributed by atoms with E-state index in [2.05, 4.69) is 10.3 Å². The van der Waals surface area contributed by atoms with E-state index in [1.54, 1.807) is 19.1 Å². The zero-order valence-corrected chi connectivity index (χ0v) is 16.0. The van der Waals surface area contributed by atoms with E-state index in [1.165, 1.54) is 28.3 Å². The van der Waals surface area contributed by atoms with Gasteiger partial charge in [-0.3, -0.25) is 9.78 Å². The number of hydrogen-bond acceptors (Lipinski definition) is 3. The summed E-state index contributed by atoms with van der Waals surface area (Å²) in [6.07, 6.45) is 3.37. The molecule has 1 N–H and O–H groups in total. The Morgan fingerprint density at radius 3 is 2.59 bits per heavy atom. The van der Waals surface area contributed by atoms with E-state index in [1.807, 2.05) is 0 Å². The van der Waals surface area contributed by atoms with Crippen molar-refractivity contribution >= 4 is 46.5 Å². The van der Waals surface area contributed by atoms with Crippen LogP contribution >= 0.6 is 23.2 Å². The highest BCUT2D eigenvalue weighted by Gasteiger charge is 2.28. The SMILES string of the molecule is Cc1ccc(NC(=O)N2CCCN(c3c(Cl)cncc3Cl)C(=O)C2)cc1F. The number of nitrogens with one attached hydrogen (secondary N) is 1. The fourth-order valence-corrected chi connectivity index (χ4v) is 3.39. The molecule has 3 rings (SSSR count). The molecule has 0 bridgehead atoms. The lowest BCUT2D eigenvalue weighted by Gasteiger charge is -2.23. The number of halogens is 3. The molecule has 27 heavy (non-hydrogen) atoms. The fourth-order valence-electron chi connectivity index (χ4n) is 2.82. The molecule has 6 nitrogen and oxygen atoms in total. The van der Waals surface area contributed by atoms with Gasteiger partial charge < -0.3 is 15.1 Å². The average molecular weight is 411 g/mol. The third kappa shape index (κ3) is 4.31. The number of carbonyl (C=O) groups is 2. The van der Waals surface area contributed by atoms with Crippen LogP contribution in [0.1, 0.15) is 12.0 Å². The number of hydrogen-bond donors (Lipinski definition) is 1. The lowest BCUT2D eigenvalue weighted by molar-refractivity contribution is -0.118. The van der Waals surface area contributed by atoms with Crippen molar-refractivity contribution in [1.82, 2.24) is 9.88 Å². The van der Waals surface area contributed by atoms with Gasteiger partial charge in [0.15, 0.2) is 0 Å². The number of benzene rings is 1. The Bertz CT molecular complexity index is 873. The fraction of sp³-hybridized carbons (Fsp3) is 0.278. The molecule has 1 aromatic carbocycles. The highest BCUT2D eigenvalue weighted by molar-refractivity contribution is 6.39. The van der Waals surface area contributed by atoms with Crippen LogP contribution in [0, 0.1) is 12.7 Å². The Kier molecular flexibility index (Phi) is 5.82. The lowest BCUT2D eigenvalue weighted by atomic mass is 10.2. The van der Waals surface area contributed by atoms with Gasteiger partial charge in [-0.1, -0.05) is 29.3 Å². The molecule has 3 amide bonds. The van der Waals surface area contributed by atoms with Gasteiger partial charge in [-0.2, -0.15) is 0 Å². The minimum Gasteiger partial charge on any atom is -0.315 e. The second-order valence-corrected chi connectivity index (χ2v) is 6.98. The molecule has 0 aliphatic carbocycles. The van der Waals surface area contributed by atoms with Gasteiger partial charge >= 0.3 is 6.03 Å². The first-order valence-corrected chi connectivity index (χ1v) is 9.04. The van der Waals surface area contributed by atoms with Crippen molar-refractivity contribution < 1.29 is 14.0 Å². The molecule has 2 aromatic rings. The van der Waals surface area contributed by atoms with Crippen molar-refractivity contribution in [2.24, 2.45) is 0 Å². The summed E-state index contributed by atoms with van der Waals surface area (Å²) in [5.41, 5.74) is 1.21. The first-order valence-electron chi connectivity index (χ1n) is 8.28. The highest BCUT2D eigenvalue weighted by atomic mass is 35.5. The zero-order chi connectivity index (χ0) is 19.6. The Hall–Kier alpha value is -2.38. The van der Waals surface area contributed by atoms with Gasteiger partial charge in [0.2, 0.25) is 5.91 Å². The molecule has 9 heteroatoms. The van der Waals surface area contributed by atoms with E-state index in [4.69, 9.17) is 23.2 Å². The maximum absolute atomic E-state index is 13.7. The number of aryl methyl sites for hydroxylation is 1. The van der Waals surface area contributed by atoms with Gasteiger partial charge in [-0.25, -0.2) is 9.18 Å². The molecule has 0 radical (unpaired) electrons. The summed E-state index contributed by atoms with van der Waals surface area (Å²) < 4.78 is 13.7. The quantitative estimate of drug-likeness (QED) is 0.809. The van der Waals surface area contributed by atoms with Gasteiger partial charge in [0.05, 0.1) is 15.7 Å². The van der Waals surface area contributed by atoms with Crippen molar-refractivity contribution in [3.63, 3.8) is 0 Å². The third-order valence-corrected chi connectivity index (χ3v) is 4.80. The molecular weight excluding hydrogens is 394 g/mol. The molecular formula is C18H17Cl2FN4O2. The maximum atomic E-state index is 13.7. The molecule has 1 aliphatic rings. The van der Waals surface area contributed by atoms with Crippen LogP contribution in [0.3, 0.4) is 0 Å². The lowest BCUT2D eigenvalue weighted by Crippen LogP contribution is -2.41. The van der Waals surface area contributed by atoms with Crippen molar-refractivity contribution in [3.05, 3.63) is 52.0 Å². The van der Waals surface area contributed by atoms with E-state index >= 15 is 0 Å². The predicted molar refractivity (Wildman–Crippen MR) is 103 cm³/mol. The molecule has 0 atom stereocenters.